The molecule has 0 fully saturated rings. The van der Waals surface area contributed by atoms with Crippen LogP contribution in [0.4, 0.5) is 0 Å². The Morgan fingerprint density at radius 2 is 1.78 bits per heavy atom. The number of sulfonamides is 1. The van der Waals surface area contributed by atoms with Gasteiger partial charge in [-0.15, -0.1) is 0 Å². The van der Waals surface area contributed by atoms with E-state index in [1.165, 1.54) is 28.6 Å². The predicted molar refractivity (Wildman–Crippen MR) is 86.2 cm³/mol. The van der Waals surface area contributed by atoms with E-state index in [0.29, 0.717) is 18.0 Å². The maximum Gasteiger partial charge on any atom is 0.335 e. The van der Waals surface area contributed by atoms with Crippen LogP contribution in [0, 0.1) is 0 Å². The summed E-state index contributed by atoms with van der Waals surface area (Å²) in [6.45, 7) is 0.534. The average Bonchev–Trinajstić information content (AvgIpc) is 2.54. The number of carboxylic acids is 1. The van der Waals surface area contributed by atoms with Crippen molar-refractivity contribution in [3.8, 4) is 0 Å². The van der Waals surface area contributed by atoms with Gasteiger partial charge in [-0.3, -0.25) is 0 Å². The fraction of sp³-hybridized carbons (Fsp3) is 0.188. The van der Waals surface area contributed by atoms with Gasteiger partial charge in [-0.25, -0.2) is 13.2 Å². The van der Waals surface area contributed by atoms with Crippen molar-refractivity contribution < 1.29 is 18.3 Å². The first-order chi connectivity index (χ1) is 10.9. The summed E-state index contributed by atoms with van der Waals surface area (Å²) in [5.41, 5.74) is 1.88. The van der Waals surface area contributed by atoms with E-state index >= 15 is 0 Å². The molecule has 23 heavy (non-hydrogen) atoms. The van der Waals surface area contributed by atoms with Crippen molar-refractivity contribution in [1.82, 2.24) is 4.31 Å². The molecule has 2 aromatic rings. The molecule has 5 nitrogen and oxygen atoms in total. The van der Waals surface area contributed by atoms with Gasteiger partial charge in [0.15, 0.2) is 0 Å². The molecule has 1 aliphatic rings. The quantitative estimate of drug-likeness (QED) is 0.922. The Balaban J connectivity index is 1.93. The zero-order valence-electron chi connectivity index (χ0n) is 12.1. The maximum atomic E-state index is 12.7. The number of carbonyl (C=O) groups is 1. The normalized spacial score (nSPS) is 15.2. The van der Waals surface area contributed by atoms with Crippen molar-refractivity contribution in [3.05, 3.63) is 64.2 Å². The molecule has 1 heterocycles. The van der Waals surface area contributed by atoms with Crippen LogP contribution in [0.2, 0.25) is 5.02 Å². The van der Waals surface area contributed by atoms with Crippen LogP contribution in [0.3, 0.4) is 0 Å². The van der Waals surface area contributed by atoms with Gasteiger partial charge < -0.3 is 5.11 Å². The molecule has 1 N–H and O–H groups in total. The molecule has 120 valence electrons. The van der Waals surface area contributed by atoms with Crippen LogP contribution >= 0.6 is 11.6 Å². The number of hydrogen-bond donors (Lipinski definition) is 1. The van der Waals surface area contributed by atoms with Crippen molar-refractivity contribution in [2.45, 2.75) is 17.9 Å². The highest BCUT2D eigenvalue weighted by atomic mass is 35.5. The molecule has 3 rings (SSSR count). The molecule has 0 spiro atoms. The molecule has 0 saturated carbocycles. The summed E-state index contributed by atoms with van der Waals surface area (Å²) in [7, 11) is -3.63. The van der Waals surface area contributed by atoms with E-state index in [1.54, 1.807) is 18.2 Å². The van der Waals surface area contributed by atoms with Gasteiger partial charge in [0.2, 0.25) is 10.0 Å². The number of fused-ring (bicyclic) bond motifs is 1. The summed E-state index contributed by atoms with van der Waals surface area (Å²) in [5.74, 6) is -1.02. The van der Waals surface area contributed by atoms with Crippen LogP contribution in [-0.4, -0.2) is 30.3 Å². The first-order valence-corrected chi connectivity index (χ1v) is 8.80. The van der Waals surface area contributed by atoms with Crippen LogP contribution in [-0.2, 0) is 23.0 Å². The molecular formula is C16H14ClNO4S. The topological polar surface area (TPSA) is 74.7 Å². The zero-order valence-corrected chi connectivity index (χ0v) is 13.6. The maximum absolute atomic E-state index is 12.7. The largest absolute Gasteiger partial charge is 0.478 e. The summed E-state index contributed by atoms with van der Waals surface area (Å²) < 4.78 is 26.8. The Morgan fingerprint density at radius 1 is 1.09 bits per heavy atom. The van der Waals surface area contributed by atoms with Gasteiger partial charge in [0.1, 0.15) is 0 Å². The summed E-state index contributed by atoms with van der Waals surface area (Å²) in [5, 5.41) is 9.54. The number of hydrogen-bond acceptors (Lipinski definition) is 3. The number of benzene rings is 2. The third-order valence-electron chi connectivity index (χ3n) is 3.88. The Bertz CT molecular complexity index is 862. The standard InChI is InChI=1S/C16H14ClNO4S/c17-14-3-5-15(6-4-14)23(21,22)18-8-7-11-1-2-12(16(19)20)9-13(11)10-18/h1-6,9H,7-8,10H2,(H,19,20). The number of rotatable bonds is 3. The van der Waals surface area contributed by atoms with E-state index in [4.69, 9.17) is 16.7 Å². The van der Waals surface area contributed by atoms with Crippen LogP contribution in [0.15, 0.2) is 47.4 Å². The fourth-order valence-corrected chi connectivity index (χ4v) is 4.17. The lowest BCUT2D eigenvalue weighted by Crippen LogP contribution is -2.36. The lowest BCUT2D eigenvalue weighted by molar-refractivity contribution is 0.0696. The molecule has 0 unspecified atom stereocenters. The molecule has 1 aliphatic heterocycles. The van der Waals surface area contributed by atoms with Crippen molar-refractivity contribution in [2.24, 2.45) is 0 Å². The smallest absolute Gasteiger partial charge is 0.335 e. The summed E-state index contributed by atoms with van der Waals surface area (Å²) in [4.78, 5) is 11.3. The van der Waals surface area contributed by atoms with E-state index in [0.717, 1.165) is 11.1 Å². The van der Waals surface area contributed by atoms with E-state index in [-0.39, 0.29) is 17.0 Å². The van der Waals surface area contributed by atoms with Gasteiger partial charge in [0.25, 0.3) is 0 Å². The predicted octanol–water partition coefficient (Wildman–Crippen LogP) is 2.79. The molecule has 0 saturated heterocycles. The molecular weight excluding hydrogens is 338 g/mol. The van der Waals surface area contributed by atoms with Gasteiger partial charge in [-0.1, -0.05) is 17.7 Å². The Morgan fingerprint density at radius 3 is 2.43 bits per heavy atom. The van der Waals surface area contributed by atoms with E-state index in [9.17, 15) is 13.2 Å². The van der Waals surface area contributed by atoms with Crippen molar-refractivity contribution >= 4 is 27.6 Å². The molecule has 2 aromatic carbocycles. The SMILES string of the molecule is O=C(O)c1ccc2c(c1)CN(S(=O)(=O)c1ccc(Cl)cc1)CC2. The number of halogens is 1. The molecule has 7 heteroatoms. The number of carboxylic acid groups (broad SMARTS) is 1. The van der Waals surface area contributed by atoms with E-state index in [1.807, 2.05) is 0 Å². The minimum Gasteiger partial charge on any atom is -0.478 e. The highest BCUT2D eigenvalue weighted by molar-refractivity contribution is 7.89. The van der Waals surface area contributed by atoms with Crippen LogP contribution in [0.25, 0.3) is 0 Å². The fourth-order valence-electron chi connectivity index (χ4n) is 2.63. The highest BCUT2D eigenvalue weighted by Gasteiger charge is 2.28. The lowest BCUT2D eigenvalue weighted by atomic mass is 9.99. The molecule has 0 bridgehead atoms. The molecule has 0 aliphatic carbocycles. The third kappa shape index (κ3) is 3.10. The number of nitrogens with zero attached hydrogens (tertiary/aromatic N) is 1. The highest BCUT2D eigenvalue weighted by Crippen LogP contribution is 2.26. The third-order valence-corrected chi connectivity index (χ3v) is 5.99. The first-order valence-electron chi connectivity index (χ1n) is 6.99. The minimum absolute atomic E-state index is 0.162. The summed E-state index contributed by atoms with van der Waals surface area (Å²) in [6, 6.07) is 10.9. The Hall–Kier alpha value is -1.89. The van der Waals surface area contributed by atoms with E-state index < -0.39 is 16.0 Å². The molecule has 0 radical (unpaired) electrons. The second-order valence-electron chi connectivity index (χ2n) is 5.33. The average molecular weight is 352 g/mol. The monoisotopic (exact) mass is 351 g/mol. The second-order valence-corrected chi connectivity index (χ2v) is 7.71. The second kappa shape index (κ2) is 5.96. The molecule has 0 amide bonds. The molecule has 0 aromatic heterocycles. The van der Waals surface area contributed by atoms with Gasteiger partial charge in [0, 0.05) is 18.1 Å². The van der Waals surface area contributed by atoms with Gasteiger partial charge in [-0.05, 0) is 53.9 Å². The minimum atomic E-state index is -3.63. The Kier molecular flexibility index (Phi) is 4.14. The van der Waals surface area contributed by atoms with Crippen LogP contribution in [0.5, 0.6) is 0 Å². The van der Waals surface area contributed by atoms with Crippen LogP contribution in [0.1, 0.15) is 21.5 Å². The number of aromatic carboxylic acids is 1. The van der Waals surface area contributed by atoms with Gasteiger partial charge >= 0.3 is 5.97 Å². The lowest BCUT2D eigenvalue weighted by Gasteiger charge is -2.28. The summed E-state index contributed by atoms with van der Waals surface area (Å²) in [6.07, 6.45) is 0.558. The first kappa shape index (κ1) is 16.0. The summed E-state index contributed by atoms with van der Waals surface area (Å²) >= 11 is 5.80. The van der Waals surface area contributed by atoms with Crippen molar-refractivity contribution in [1.29, 1.82) is 0 Å². The van der Waals surface area contributed by atoms with Crippen molar-refractivity contribution in [2.75, 3.05) is 6.54 Å². The molecule has 0 atom stereocenters. The zero-order chi connectivity index (χ0) is 16.6. The van der Waals surface area contributed by atoms with Gasteiger partial charge in [0.05, 0.1) is 10.5 Å². The Labute approximate surface area is 139 Å². The van der Waals surface area contributed by atoms with E-state index in [2.05, 4.69) is 0 Å². The van der Waals surface area contributed by atoms with Crippen LogP contribution < -0.4 is 0 Å². The van der Waals surface area contributed by atoms with Gasteiger partial charge in [-0.2, -0.15) is 4.31 Å². The van der Waals surface area contributed by atoms with Crippen molar-refractivity contribution in [3.63, 3.8) is 0 Å².